The smallest absolute Gasteiger partial charge is 0.257 e. The van der Waals surface area contributed by atoms with Crippen molar-refractivity contribution in [2.45, 2.75) is 25.3 Å². The summed E-state index contributed by atoms with van der Waals surface area (Å²) in [5.74, 6) is 0.252. The lowest BCUT2D eigenvalue weighted by Crippen LogP contribution is -2.48. The molecule has 1 amide bonds. The van der Waals surface area contributed by atoms with Crippen LogP contribution in [0.1, 0.15) is 36.4 Å². The summed E-state index contributed by atoms with van der Waals surface area (Å²) in [6.07, 6.45) is 5.26. The second-order valence-electron chi connectivity index (χ2n) is 9.52. The van der Waals surface area contributed by atoms with E-state index < -0.39 is 0 Å². The van der Waals surface area contributed by atoms with Gasteiger partial charge in [0, 0.05) is 42.1 Å². The molecule has 0 aromatic heterocycles. The fourth-order valence-electron chi connectivity index (χ4n) is 5.23. The lowest BCUT2D eigenvalue weighted by Gasteiger charge is -2.34. The Kier molecular flexibility index (Phi) is 7.07. The van der Waals surface area contributed by atoms with E-state index in [0.717, 1.165) is 67.3 Å². The van der Waals surface area contributed by atoms with Crippen molar-refractivity contribution in [1.82, 2.24) is 14.8 Å². The van der Waals surface area contributed by atoms with Crippen LogP contribution >= 0.6 is 23.2 Å². The number of nitrogens with zero attached hydrogens (tertiary/aromatic N) is 4. The summed E-state index contributed by atoms with van der Waals surface area (Å²) in [7, 11) is 2.13. The van der Waals surface area contributed by atoms with E-state index in [1.165, 1.54) is 5.57 Å². The predicted molar refractivity (Wildman–Crippen MR) is 139 cm³/mol. The molecule has 178 valence electrons. The minimum Gasteiger partial charge on any atom is -0.304 e. The number of hydrazone groups is 1. The van der Waals surface area contributed by atoms with Crippen LogP contribution in [0.5, 0.6) is 0 Å². The van der Waals surface area contributed by atoms with Gasteiger partial charge in [-0.05, 0) is 73.4 Å². The van der Waals surface area contributed by atoms with Crippen molar-refractivity contribution in [1.29, 1.82) is 0 Å². The lowest BCUT2D eigenvalue weighted by molar-refractivity contribution is -0.135. The largest absolute Gasteiger partial charge is 0.304 e. The van der Waals surface area contributed by atoms with Crippen LogP contribution in [0, 0.1) is 5.92 Å². The van der Waals surface area contributed by atoms with Crippen molar-refractivity contribution < 1.29 is 4.79 Å². The molecule has 34 heavy (non-hydrogen) atoms. The number of amides is 1. The number of piperazine rings is 1. The maximum Gasteiger partial charge on any atom is 0.257 e. The first-order valence-electron chi connectivity index (χ1n) is 12.0. The first kappa shape index (κ1) is 23.6. The number of allylic oxidation sites excluding steroid dienone is 1. The molecule has 3 aliphatic rings. The van der Waals surface area contributed by atoms with Crippen LogP contribution in [0.15, 0.2) is 59.2 Å². The third-order valence-electron chi connectivity index (χ3n) is 7.13. The molecule has 2 fully saturated rings. The van der Waals surface area contributed by atoms with Gasteiger partial charge in [0.15, 0.2) is 0 Å². The summed E-state index contributed by atoms with van der Waals surface area (Å²) in [4.78, 5) is 18.1. The van der Waals surface area contributed by atoms with Gasteiger partial charge in [-0.1, -0.05) is 47.5 Å². The summed E-state index contributed by atoms with van der Waals surface area (Å²) in [5, 5.41) is 8.19. The Balaban J connectivity index is 1.46. The average molecular weight is 497 g/mol. The number of likely N-dealkylation sites (N-methyl/N-ethyl adjacent to an activating group) is 1. The highest BCUT2D eigenvalue weighted by Gasteiger charge is 2.43. The van der Waals surface area contributed by atoms with E-state index in [2.05, 4.69) is 22.9 Å². The highest BCUT2D eigenvalue weighted by atomic mass is 35.5. The van der Waals surface area contributed by atoms with E-state index in [1.54, 1.807) is 5.01 Å². The lowest BCUT2D eigenvalue weighted by atomic mass is 9.77. The third-order valence-corrected chi connectivity index (χ3v) is 7.64. The van der Waals surface area contributed by atoms with E-state index in [0.29, 0.717) is 11.6 Å². The van der Waals surface area contributed by atoms with Crippen molar-refractivity contribution in [3.8, 4) is 0 Å². The topological polar surface area (TPSA) is 39.1 Å². The van der Waals surface area contributed by atoms with E-state index in [9.17, 15) is 4.79 Å². The molecule has 7 heteroatoms. The van der Waals surface area contributed by atoms with E-state index in [4.69, 9.17) is 28.3 Å². The molecule has 1 saturated carbocycles. The summed E-state index contributed by atoms with van der Waals surface area (Å²) in [5.41, 5.74) is 4.46. The maximum atomic E-state index is 13.6. The molecule has 2 aromatic rings. The van der Waals surface area contributed by atoms with Crippen molar-refractivity contribution in [2.24, 2.45) is 11.0 Å². The number of fused-ring (bicyclic) bond motifs is 1. The van der Waals surface area contributed by atoms with Crippen LogP contribution in [0.2, 0.25) is 10.0 Å². The molecule has 0 bridgehead atoms. The Morgan fingerprint density at radius 1 is 1.00 bits per heavy atom. The SMILES string of the molecule is CN1CCN(CC(=O)N2N=C3/C(=C\c4ccc(Cl)cc4)CCC[C@@H]3[C@H]2c2ccc(Cl)cc2)CC1. The third kappa shape index (κ3) is 5.08. The van der Waals surface area contributed by atoms with Gasteiger partial charge in [0.1, 0.15) is 0 Å². The number of benzene rings is 2. The highest BCUT2D eigenvalue weighted by molar-refractivity contribution is 6.30. The molecule has 2 aromatic carbocycles. The number of hydrogen-bond donors (Lipinski definition) is 0. The molecule has 0 radical (unpaired) electrons. The zero-order chi connectivity index (χ0) is 23.7. The zero-order valence-corrected chi connectivity index (χ0v) is 21.0. The van der Waals surface area contributed by atoms with Crippen molar-refractivity contribution >= 4 is 40.9 Å². The van der Waals surface area contributed by atoms with Gasteiger partial charge in [0.25, 0.3) is 5.91 Å². The van der Waals surface area contributed by atoms with Crippen LogP contribution in [0.4, 0.5) is 0 Å². The van der Waals surface area contributed by atoms with Gasteiger partial charge in [0.05, 0.1) is 18.3 Å². The van der Waals surface area contributed by atoms with Gasteiger partial charge in [0.2, 0.25) is 0 Å². The fourth-order valence-corrected chi connectivity index (χ4v) is 5.48. The Bertz CT molecular complexity index is 1090. The summed E-state index contributed by atoms with van der Waals surface area (Å²) in [6.45, 7) is 4.18. The predicted octanol–water partition coefficient (Wildman–Crippen LogP) is 5.36. The summed E-state index contributed by atoms with van der Waals surface area (Å²) >= 11 is 12.3. The Morgan fingerprint density at radius 3 is 2.32 bits per heavy atom. The number of carbonyl (C=O) groups excluding carboxylic acids is 1. The molecular weight excluding hydrogens is 467 g/mol. The quantitative estimate of drug-likeness (QED) is 0.571. The zero-order valence-electron chi connectivity index (χ0n) is 19.5. The van der Waals surface area contributed by atoms with Crippen LogP contribution < -0.4 is 0 Å². The van der Waals surface area contributed by atoms with Gasteiger partial charge in [-0.15, -0.1) is 0 Å². The molecular formula is C27H30Cl2N4O. The van der Waals surface area contributed by atoms with Crippen LogP contribution in [0.25, 0.3) is 6.08 Å². The van der Waals surface area contributed by atoms with Crippen LogP contribution in [-0.4, -0.2) is 66.2 Å². The molecule has 5 nitrogen and oxygen atoms in total. The Labute approximate surface area is 211 Å². The number of carbonyl (C=O) groups is 1. The van der Waals surface area contributed by atoms with Crippen LogP contribution in [-0.2, 0) is 4.79 Å². The summed E-state index contributed by atoms with van der Waals surface area (Å²) < 4.78 is 0. The maximum absolute atomic E-state index is 13.6. The number of hydrogen-bond acceptors (Lipinski definition) is 4. The fraction of sp³-hybridized carbons (Fsp3) is 0.407. The second-order valence-corrected chi connectivity index (χ2v) is 10.4. The van der Waals surface area contributed by atoms with E-state index in [1.807, 2.05) is 48.5 Å². The van der Waals surface area contributed by atoms with Gasteiger partial charge >= 0.3 is 0 Å². The minimum absolute atomic E-state index is 0.0669. The molecule has 0 N–H and O–H groups in total. The first-order valence-corrected chi connectivity index (χ1v) is 12.8. The first-order chi connectivity index (χ1) is 16.5. The van der Waals surface area contributed by atoms with Crippen molar-refractivity contribution in [3.63, 3.8) is 0 Å². The molecule has 1 aliphatic carbocycles. The van der Waals surface area contributed by atoms with E-state index >= 15 is 0 Å². The van der Waals surface area contributed by atoms with Gasteiger partial charge in [-0.25, -0.2) is 5.01 Å². The molecule has 0 unspecified atom stereocenters. The standard InChI is InChI=1S/C27H30Cl2N4O/c1-31-13-15-32(16-14-31)18-25(34)33-27(20-7-11-23(29)12-8-20)24-4-2-3-21(26(24)30-33)17-19-5-9-22(28)10-6-19/h5-12,17,24,27H,2-4,13-16,18H2,1H3/b21-17-/t24-,27+/m0/s1. The highest BCUT2D eigenvalue weighted by Crippen LogP contribution is 2.44. The summed E-state index contributed by atoms with van der Waals surface area (Å²) in [6, 6.07) is 15.7. The van der Waals surface area contributed by atoms with E-state index in [-0.39, 0.29) is 17.9 Å². The van der Waals surface area contributed by atoms with Crippen molar-refractivity contribution in [2.75, 3.05) is 39.8 Å². The second kappa shape index (κ2) is 10.2. The van der Waals surface area contributed by atoms with Crippen LogP contribution in [0.3, 0.4) is 0 Å². The number of halogens is 2. The average Bonchev–Trinajstić information content (AvgIpc) is 3.23. The molecule has 5 rings (SSSR count). The van der Waals surface area contributed by atoms with Gasteiger partial charge in [-0.2, -0.15) is 5.10 Å². The normalized spacial score (nSPS) is 24.9. The molecule has 2 heterocycles. The van der Waals surface area contributed by atoms with Gasteiger partial charge in [-0.3, -0.25) is 9.69 Å². The molecule has 2 aliphatic heterocycles. The monoisotopic (exact) mass is 496 g/mol. The molecule has 1 saturated heterocycles. The Hall–Kier alpha value is -2.18. The van der Waals surface area contributed by atoms with Gasteiger partial charge < -0.3 is 4.90 Å². The number of rotatable bonds is 4. The molecule has 2 atom stereocenters. The van der Waals surface area contributed by atoms with Crippen molar-refractivity contribution in [3.05, 3.63) is 75.3 Å². The molecule has 0 spiro atoms. The minimum atomic E-state index is -0.0962. The Morgan fingerprint density at radius 2 is 1.65 bits per heavy atom.